The zero-order valence-electron chi connectivity index (χ0n) is 19.1. The molecule has 2 atom stereocenters. The minimum atomic E-state index is -0.908. The molecule has 1 saturated heterocycles. The van der Waals surface area contributed by atoms with Gasteiger partial charge < -0.3 is 14.2 Å². The number of rotatable bonds is 10. The number of carbonyl (C=O) groups excluding carboxylic acids is 2. The summed E-state index contributed by atoms with van der Waals surface area (Å²) in [5.74, 6) is -1.44. The second kappa shape index (κ2) is 11.8. The number of cyclic esters (lactones) is 1. The van der Waals surface area contributed by atoms with E-state index < -0.39 is 11.9 Å². The molecule has 6 nitrogen and oxygen atoms in total. The lowest BCUT2D eigenvalue weighted by Crippen LogP contribution is -2.43. The SMILES string of the molecule is COC(CCC[C@@H](C)C(=O)N1C(=O)OC[C@H]1Cc1ccccc1)(OC)c1cc(Br)cc(I)c1. The van der Waals surface area contributed by atoms with Crippen LogP contribution in [0.4, 0.5) is 4.79 Å². The van der Waals surface area contributed by atoms with E-state index in [1.807, 2.05) is 55.5 Å². The van der Waals surface area contributed by atoms with Gasteiger partial charge in [0.25, 0.3) is 0 Å². The molecule has 1 fully saturated rings. The van der Waals surface area contributed by atoms with Crippen molar-refractivity contribution in [3.63, 3.8) is 0 Å². The number of hydrogen-bond acceptors (Lipinski definition) is 5. The molecule has 0 N–H and O–H groups in total. The first-order valence-electron chi connectivity index (χ1n) is 10.9. The highest BCUT2D eigenvalue weighted by Gasteiger charge is 2.40. The summed E-state index contributed by atoms with van der Waals surface area (Å²) in [6.45, 7) is 2.08. The average molecular weight is 630 g/mol. The maximum atomic E-state index is 13.2. The number of carbonyl (C=O) groups is 2. The van der Waals surface area contributed by atoms with Gasteiger partial charge in [-0.3, -0.25) is 4.79 Å². The van der Waals surface area contributed by atoms with Crippen molar-refractivity contribution < 1.29 is 23.8 Å². The van der Waals surface area contributed by atoms with E-state index in [2.05, 4.69) is 38.5 Å². The monoisotopic (exact) mass is 629 g/mol. The lowest BCUT2D eigenvalue weighted by molar-refractivity contribution is -0.221. The Kier molecular flexibility index (Phi) is 9.32. The van der Waals surface area contributed by atoms with E-state index in [4.69, 9.17) is 14.2 Å². The van der Waals surface area contributed by atoms with Crippen molar-refractivity contribution in [3.8, 4) is 0 Å². The summed E-state index contributed by atoms with van der Waals surface area (Å²) in [6, 6.07) is 15.6. The van der Waals surface area contributed by atoms with Gasteiger partial charge in [0.1, 0.15) is 6.61 Å². The number of imide groups is 1. The van der Waals surface area contributed by atoms with Crippen LogP contribution in [0, 0.1) is 9.49 Å². The van der Waals surface area contributed by atoms with Crippen molar-refractivity contribution in [2.24, 2.45) is 5.92 Å². The molecule has 33 heavy (non-hydrogen) atoms. The standard InChI is InChI=1S/C25H29BrINO5/c1-17(8-7-11-25(31-2,32-3)19-13-20(26)15-21(27)14-19)23(29)28-22(16-33-24(28)30)12-18-9-5-4-6-10-18/h4-6,9-10,13-15,17,22H,7-8,11-12,16H2,1-3H3/t17-,22-/m1/s1. The Balaban J connectivity index is 1.64. The van der Waals surface area contributed by atoms with Gasteiger partial charge in [0.2, 0.25) is 5.91 Å². The van der Waals surface area contributed by atoms with E-state index >= 15 is 0 Å². The summed E-state index contributed by atoms with van der Waals surface area (Å²) in [4.78, 5) is 26.8. The van der Waals surface area contributed by atoms with Crippen LogP contribution in [-0.4, -0.2) is 43.8 Å². The Hall–Kier alpha value is -1.49. The first-order chi connectivity index (χ1) is 15.8. The summed E-state index contributed by atoms with van der Waals surface area (Å²) in [6.07, 6.45) is 1.88. The molecule has 1 aliphatic heterocycles. The van der Waals surface area contributed by atoms with Crippen LogP contribution in [0.15, 0.2) is 53.0 Å². The Morgan fingerprint density at radius 1 is 1.24 bits per heavy atom. The third kappa shape index (κ3) is 6.35. The molecule has 0 aromatic heterocycles. The van der Waals surface area contributed by atoms with Crippen molar-refractivity contribution in [3.05, 3.63) is 67.7 Å². The minimum absolute atomic E-state index is 0.198. The van der Waals surface area contributed by atoms with E-state index in [0.717, 1.165) is 19.2 Å². The molecule has 2 aromatic carbocycles. The molecular formula is C25H29BrINO5. The molecule has 0 spiro atoms. The smallest absolute Gasteiger partial charge is 0.416 e. The quantitative estimate of drug-likeness (QED) is 0.242. The molecule has 0 radical (unpaired) electrons. The fourth-order valence-corrected chi connectivity index (χ4v) is 5.80. The van der Waals surface area contributed by atoms with Crippen LogP contribution in [0.2, 0.25) is 0 Å². The molecule has 178 valence electrons. The van der Waals surface area contributed by atoms with Gasteiger partial charge in [-0.05, 0) is 65.6 Å². The minimum Gasteiger partial charge on any atom is -0.447 e. The molecule has 0 unspecified atom stereocenters. The van der Waals surface area contributed by atoms with E-state index in [9.17, 15) is 9.59 Å². The van der Waals surface area contributed by atoms with Crippen molar-refractivity contribution in [1.82, 2.24) is 4.90 Å². The highest BCUT2D eigenvalue weighted by Crippen LogP contribution is 2.35. The van der Waals surface area contributed by atoms with Crippen LogP contribution in [-0.2, 0) is 31.2 Å². The van der Waals surface area contributed by atoms with Crippen LogP contribution in [0.1, 0.15) is 37.3 Å². The molecule has 2 amide bonds. The van der Waals surface area contributed by atoms with Crippen LogP contribution in [0.25, 0.3) is 0 Å². The number of benzene rings is 2. The van der Waals surface area contributed by atoms with Crippen LogP contribution in [0.3, 0.4) is 0 Å². The lowest BCUT2D eigenvalue weighted by Gasteiger charge is -2.32. The number of halogens is 2. The summed E-state index contributed by atoms with van der Waals surface area (Å²) < 4.78 is 18.8. The Labute approximate surface area is 217 Å². The van der Waals surface area contributed by atoms with E-state index in [0.29, 0.717) is 25.7 Å². The number of ether oxygens (including phenoxy) is 3. The van der Waals surface area contributed by atoms with Gasteiger partial charge in [-0.15, -0.1) is 0 Å². The molecule has 0 bridgehead atoms. The maximum Gasteiger partial charge on any atom is 0.416 e. The predicted molar refractivity (Wildman–Crippen MR) is 138 cm³/mol. The normalized spacial score (nSPS) is 17.2. The van der Waals surface area contributed by atoms with E-state index in [1.54, 1.807) is 14.2 Å². The zero-order chi connectivity index (χ0) is 24.0. The average Bonchev–Trinajstić information content (AvgIpc) is 3.16. The van der Waals surface area contributed by atoms with Crippen molar-refractivity contribution >= 4 is 50.5 Å². The summed E-state index contributed by atoms with van der Waals surface area (Å²) in [7, 11) is 3.25. The largest absolute Gasteiger partial charge is 0.447 e. The Morgan fingerprint density at radius 3 is 2.58 bits per heavy atom. The van der Waals surface area contributed by atoms with Crippen LogP contribution < -0.4 is 0 Å². The van der Waals surface area contributed by atoms with Gasteiger partial charge >= 0.3 is 6.09 Å². The predicted octanol–water partition coefficient (Wildman–Crippen LogP) is 5.90. The van der Waals surface area contributed by atoms with Crippen molar-refractivity contribution in [2.75, 3.05) is 20.8 Å². The fourth-order valence-electron chi connectivity index (χ4n) is 4.21. The van der Waals surface area contributed by atoms with Crippen molar-refractivity contribution in [2.45, 2.75) is 44.4 Å². The van der Waals surface area contributed by atoms with Gasteiger partial charge in [0.15, 0.2) is 5.79 Å². The molecule has 2 aromatic rings. The van der Waals surface area contributed by atoms with E-state index in [-0.39, 0.29) is 24.5 Å². The van der Waals surface area contributed by atoms with Crippen LogP contribution in [0.5, 0.6) is 0 Å². The Bertz CT molecular complexity index is 946. The van der Waals surface area contributed by atoms with Crippen LogP contribution >= 0.6 is 38.5 Å². The number of amides is 2. The highest BCUT2D eigenvalue weighted by atomic mass is 127. The zero-order valence-corrected chi connectivity index (χ0v) is 22.8. The number of nitrogens with zero attached hydrogens (tertiary/aromatic N) is 1. The molecule has 3 rings (SSSR count). The lowest BCUT2D eigenvalue weighted by atomic mass is 9.95. The topological polar surface area (TPSA) is 65.1 Å². The molecular weight excluding hydrogens is 601 g/mol. The summed E-state index contributed by atoms with van der Waals surface area (Å²) in [5.41, 5.74) is 1.98. The first kappa shape index (κ1) is 26.1. The summed E-state index contributed by atoms with van der Waals surface area (Å²) in [5, 5.41) is 0. The van der Waals surface area contributed by atoms with Gasteiger partial charge in [0.05, 0.1) is 6.04 Å². The van der Waals surface area contributed by atoms with Gasteiger partial charge in [0, 0.05) is 40.2 Å². The third-order valence-corrected chi connectivity index (χ3v) is 7.12. The second-order valence-corrected chi connectivity index (χ2v) is 10.4. The molecule has 8 heteroatoms. The van der Waals surface area contributed by atoms with Gasteiger partial charge in [-0.2, -0.15) is 0 Å². The summed E-state index contributed by atoms with van der Waals surface area (Å²) >= 11 is 5.80. The van der Waals surface area contributed by atoms with Gasteiger partial charge in [-0.1, -0.05) is 53.2 Å². The number of methoxy groups -OCH3 is 2. The van der Waals surface area contributed by atoms with Gasteiger partial charge in [-0.25, -0.2) is 9.69 Å². The Morgan fingerprint density at radius 2 is 1.94 bits per heavy atom. The molecule has 0 saturated carbocycles. The van der Waals surface area contributed by atoms with E-state index in [1.165, 1.54) is 4.90 Å². The molecule has 1 aliphatic rings. The molecule has 0 aliphatic carbocycles. The highest BCUT2D eigenvalue weighted by molar-refractivity contribution is 14.1. The first-order valence-corrected chi connectivity index (χ1v) is 12.8. The third-order valence-electron chi connectivity index (χ3n) is 6.04. The fraction of sp³-hybridized carbons (Fsp3) is 0.440. The molecule has 1 heterocycles. The second-order valence-electron chi connectivity index (χ2n) is 8.24. The van der Waals surface area contributed by atoms with Crippen molar-refractivity contribution in [1.29, 1.82) is 0 Å². The maximum absolute atomic E-state index is 13.2. The number of hydrogen-bond donors (Lipinski definition) is 0.